The Balaban J connectivity index is 1.54. The number of furan rings is 1. The molecule has 0 aliphatic carbocycles. The second kappa shape index (κ2) is 8.71. The van der Waals surface area contributed by atoms with Crippen molar-refractivity contribution in [1.82, 2.24) is 20.5 Å². The van der Waals surface area contributed by atoms with Crippen LogP contribution < -0.4 is 5.32 Å². The van der Waals surface area contributed by atoms with Gasteiger partial charge in [-0.05, 0) is 23.6 Å². The molecule has 1 amide bonds. The summed E-state index contributed by atoms with van der Waals surface area (Å²) in [5, 5.41) is 9.77. The van der Waals surface area contributed by atoms with Crippen molar-refractivity contribution in [2.45, 2.75) is 31.4 Å². The van der Waals surface area contributed by atoms with Crippen LogP contribution in [0.4, 0.5) is 0 Å². The van der Waals surface area contributed by atoms with Gasteiger partial charge in [0.2, 0.25) is 11.7 Å². The fourth-order valence-electron chi connectivity index (χ4n) is 2.49. The van der Waals surface area contributed by atoms with Gasteiger partial charge in [0.05, 0.1) is 18.1 Å². The van der Waals surface area contributed by atoms with Crippen molar-refractivity contribution in [3.63, 3.8) is 0 Å². The van der Waals surface area contributed by atoms with Gasteiger partial charge in [-0.3, -0.25) is 9.89 Å². The van der Waals surface area contributed by atoms with E-state index in [2.05, 4.69) is 46.5 Å². The lowest BCUT2D eigenvalue weighted by Gasteiger charge is -2.19. The van der Waals surface area contributed by atoms with Crippen LogP contribution in [0.3, 0.4) is 0 Å². The van der Waals surface area contributed by atoms with Gasteiger partial charge < -0.3 is 9.73 Å². The van der Waals surface area contributed by atoms with Gasteiger partial charge in [-0.2, -0.15) is 0 Å². The molecule has 1 atom stereocenters. The van der Waals surface area contributed by atoms with Gasteiger partial charge in [0.15, 0.2) is 5.76 Å². The third-order valence-corrected chi connectivity index (χ3v) is 5.46. The highest BCUT2D eigenvalue weighted by Gasteiger charge is 2.23. The number of hydrogen-bond donors (Lipinski definition) is 2. The number of benzene rings is 1. The van der Waals surface area contributed by atoms with Gasteiger partial charge >= 0.3 is 0 Å². The molecule has 2 N–H and O–H groups in total. The zero-order valence-electron chi connectivity index (χ0n) is 14.8. The molecule has 0 bridgehead atoms. The van der Waals surface area contributed by atoms with Crippen LogP contribution in [-0.4, -0.2) is 26.3 Å². The van der Waals surface area contributed by atoms with Gasteiger partial charge in [-0.25, -0.2) is 4.98 Å². The predicted molar refractivity (Wildman–Crippen MR) is 102 cm³/mol. The van der Waals surface area contributed by atoms with Gasteiger partial charge in [0.25, 0.3) is 0 Å². The summed E-state index contributed by atoms with van der Waals surface area (Å²) in [6.45, 7) is 4.43. The molecule has 0 saturated heterocycles. The number of nitrogens with zero attached hydrogens (tertiary/aromatic N) is 2. The van der Waals surface area contributed by atoms with E-state index >= 15 is 0 Å². The highest BCUT2D eigenvalue weighted by molar-refractivity contribution is 7.99. The number of aromatic nitrogens is 3. The first kappa shape index (κ1) is 18.3. The molecule has 0 aliphatic heterocycles. The molecule has 2 aromatic heterocycles. The smallest absolute Gasteiger partial charge is 0.233 e. The molecule has 3 rings (SSSR count). The molecule has 0 radical (unpaired) electrons. The lowest BCUT2D eigenvalue weighted by molar-refractivity contribution is -0.121. The van der Waals surface area contributed by atoms with Crippen molar-refractivity contribution < 1.29 is 9.21 Å². The lowest BCUT2D eigenvalue weighted by atomic mass is 10.1. The lowest BCUT2D eigenvalue weighted by Crippen LogP contribution is -2.35. The Kier molecular flexibility index (Phi) is 6.12. The molecule has 1 unspecified atom stereocenters. The van der Waals surface area contributed by atoms with Crippen molar-refractivity contribution in [2.24, 2.45) is 5.92 Å². The molecule has 1 aromatic carbocycles. The van der Waals surface area contributed by atoms with Gasteiger partial charge in [-0.1, -0.05) is 44.2 Å². The third-order valence-electron chi connectivity index (χ3n) is 3.84. The van der Waals surface area contributed by atoms with Crippen molar-refractivity contribution in [3.8, 4) is 11.6 Å². The molecule has 0 aliphatic rings. The number of rotatable bonds is 8. The van der Waals surface area contributed by atoms with Crippen LogP contribution in [0.5, 0.6) is 0 Å². The summed E-state index contributed by atoms with van der Waals surface area (Å²) in [6.07, 6.45) is 1.57. The molecule has 0 fully saturated rings. The number of nitrogens with one attached hydrogen (secondary N) is 2. The molecule has 136 valence electrons. The molecule has 0 spiro atoms. The summed E-state index contributed by atoms with van der Waals surface area (Å²) in [5.41, 5.74) is 1.22. The van der Waals surface area contributed by atoms with Gasteiger partial charge in [0, 0.05) is 5.75 Å². The first-order valence-electron chi connectivity index (χ1n) is 8.52. The molecule has 3 aromatic rings. The highest BCUT2D eigenvalue weighted by atomic mass is 32.2. The second-order valence-electron chi connectivity index (χ2n) is 6.26. The van der Waals surface area contributed by atoms with E-state index in [0.717, 1.165) is 5.75 Å². The molecular formula is C19H22N4O2S. The first-order valence-corrected chi connectivity index (χ1v) is 9.56. The van der Waals surface area contributed by atoms with Crippen LogP contribution in [0.1, 0.15) is 25.2 Å². The minimum atomic E-state index is -0.123. The van der Waals surface area contributed by atoms with Crippen LogP contribution >= 0.6 is 11.8 Å². The fraction of sp³-hybridized carbons (Fsp3) is 0.316. The minimum absolute atomic E-state index is 0.0110. The third kappa shape index (κ3) is 4.76. The summed E-state index contributed by atoms with van der Waals surface area (Å²) in [7, 11) is 0. The average Bonchev–Trinajstić information content (AvgIpc) is 3.32. The molecule has 7 heteroatoms. The molecule has 0 saturated carbocycles. The fourth-order valence-corrected chi connectivity index (χ4v) is 3.68. The molecular weight excluding hydrogens is 348 g/mol. The summed E-state index contributed by atoms with van der Waals surface area (Å²) in [5.74, 6) is 2.73. The van der Waals surface area contributed by atoms with Crippen LogP contribution in [0.25, 0.3) is 11.6 Å². The molecule has 2 heterocycles. The number of carbonyl (C=O) groups excluding carboxylic acids is 1. The van der Waals surface area contributed by atoms with E-state index in [4.69, 9.17) is 4.42 Å². The van der Waals surface area contributed by atoms with Crippen molar-refractivity contribution in [1.29, 1.82) is 0 Å². The largest absolute Gasteiger partial charge is 0.461 e. The molecule has 26 heavy (non-hydrogen) atoms. The summed E-state index contributed by atoms with van der Waals surface area (Å²) in [6, 6.07) is 13.8. The van der Waals surface area contributed by atoms with E-state index in [1.807, 2.05) is 18.2 Å². The number of amides is 1. The van der Waals surface area contributed by atoms with Gasteiger partial charge in [0.1, 0.15) is 5.82 Å². The van der Waals surface area contributed by atoms with E-state index in [-0.39, 0.29) is 17.1 Å². The van der Waals surface area contributed by atoms with Crippen molar-refractivity contribution in [2.75, 3.05) is 0 Å². The van der Waals surface area contributed by atoms with E-state index in [0.29, 0.717) is 24.0 Å². The summed E-state index contributed by atoms with van der Waals surface area (Å²) >= 11 is 1.66. The number of thioether (sulfide) groups is 1. The van der Waals surface area contributed by atoms with Crippen LogP contribution in [-0.2, 0) is 17.1 Å². The Morgan fingerprint density at radius 2 is 2.04 bits per heavy atom. The number of aromatic amines is 1. The average molecular weight is 370 g/mol. The Hall–Kier alpha value is -2.54. The van der Waals surface area contributed by atoms with E-state index in [1.165, 1.54) is 5.56 Å². The zero-order valence-corrected chi connectivity index (χ0v) is 15.6. The summed E-state index contributed by atoms with van der Waals surface area (Å²) < 4.78 is 5.27. The van der Waals surface area contributed by atoms with E-state index in [1.54, 1.807) is 30.2 Å². The Bertz CT molecular complexity index is 815. The SMILES string of the molecule is CC(C)C(SCc1ccccc1)C(=O)NCc1nc(-c2ccco2)n[nH]1. The quantitative estimate of drug-likeness (QED) is 0.632. The normalized spacial score (nSPS) is 12.3. The highest BCUT2D eigenvalue weighted by Crippen LogP contribution is 2.24. The van der Waals surface area contributed by atoms with E-state index < -0.39 is 0 Å². The van der Waals surface area contributed by atoms with E-state index in [9.17, 15) is 4.79 Å². The second-order valence-corrected chi connectivity index (χ2v) is 7.39. The number of carbonyl (C=O) groups is 1. The molecule has 6 nitrogen and oxygen atoms in total. The maximum absolute atomic E-state index is 12.6. The van der Waals surface area contributed by atoms with Crippen molar-refractivity contribution >= 4 is 17.7 Å². The maximum atomic E-state index is 12.6. The van der Waals surface area contributed by atoms with Gasteiger partial charge in [-0.15, -0.1) is 16.9 Å². The predicted octanol–water partition coefficient (Wildman–Crippen LogP) is 3.64. The van der Waals surface area contributed by atoms with Crippen LogP contribution in [0, 0.1) is 5.92 Å². The zero-order chi connectivity index (χ0) is 18.4. The maximum Gasteiger partial charge on any atom is 0.233 e. The van der Waals surface area contributed by atoms with Crippen LogP contribution in [0.2, 0.25) is 0 Å². The monoisotopic (exact) mass is 370 g/mol. The number of H-pyrrole nitrogens is 1. The Labute approximate surface area is 156 Å². The Morgan fingerprint density at radius 1 is 1.23 bits per heavy atom. The topological polar surface area (TPSA) is 83.8 Å². The standard InChI is InChI=1S/C19H22N4O2S/c1-13(2)17(26-12-14-7-4-3-5-8-14)19(24)20-11-16-21-18(23-22-16)15-9-6-10-25-15/h3-10,13,17H,11-12H2,1-2H3,(H,20,24)(H,21,22,23). The van der Waals surface area contributed by atoms with Crippen molar-refractivity contribution in [3.05, 3.63) is 60.1 Å². The first-order chi connectivity index (χ1) is 12.6. The minimum Gasteiger partial charge on any atom is -0.461 e. The van der Waals surface area contributed by atoms with Crippen LogP contribution in [0.15, 0.2) is 53.1 Å². The number of hydrogen-bond acceptors (Lipinski definition) is 5. The Morgan fingerprint density at radius 3 is 2.73 bits per heavy atom. The summed E-state index contributed by atoms with van der Waals surface area (Å²) in [4.78, 5) is 16.9.